The van der Waals surface area contributed by atoms with Gasteiger partial charge in [-0.2, -0.15) is 0 Å². The Morgan fingerprint density at radius 2 is 0.971 bits per heavy atom. The van der Waals surface area contributed by atoms with Crippen LogP contribution < -0.4 is 4.90 Å². The van der Waals surface area contributed by atoms with Crippen LogP contribution >= 0.6 is 0 Å². The second-order valence-electron chi connectivity index (χ2n) is 17.9. The first kappa shape index (κ1) is 39.6. The summed E-state index contributed by atoms with van der Waals surface area (Å²) in [5.41, 5.74) is 19.2. The molecule has 0 fully saturated rings. The van der Waals surface area contributed by atoms with Gasteiger partial charge in [0.15, 0.2) is 0 Å². The van der Waals surface area contributed by atoms with Crippen molar-refractivity contribution in [1.82, 2.24) is 4.57 Å². The molecule has 0 atom stereocenters. The van der Waals surface area contributed by atoms with Gasteiger partial charge in [-0.1, -0.05) is 200 Å². The predicted molar refractivity (Wildman–Crippen MR) is 290 cm³/mol. The molecular formula is C66H46N2. The third kappa shape index (κ3) is 6.64. The molecule has 0 N–H and O–H groups in total. The van der Waals surface area contributed by atoms with Crippen LogP contribution in [0.2, 0.25) is 0 Å². The summed E-state index contributed by atoms with van der Waals surface area (Å²) in [6.07, 6.45) is 6.72. The Morgan fingerprint density at radius 1 is 0.382 bits per heavy atom. The summed E-state index contributed by atoms with van der Waals surface area (Å²) in [4.78, 5) is 2.41. The zero-order chi connectivity index (χ0) is 45.0. The molecule has 12 aromatic rings. The second-order valence-corrected chi connectivity index (χ2v) is 17.9. The molecule has 2 heteroatoms. The number of rotatable bonds is 8. The van der Waals surface area contributed by atoms with Gasteiger partial charge in [-0.05, 0) is 133 Å². The van der Waals surface area contributed by atoms with E-state index in [0.29, 0.717) is 0 Å². The van der Waals surface area contributed by atoms with Crippen LogP contribution in [0.25, 0.3) is 99.6 Å². The summed E-state index contributed by atoms with van der Waals surface area (Å²) < 4.78 is 2.51. The normalized spacial score (nSPS) is 12.2. The minimum Gasteiger partial charge on any atom is -0.310 e. The molecule has 1 aliphatic rings. The molecule has 1 heterocycles. The van der Waals surface area contributed by atoms with Gasteiger partial charge in [0.2, 0.25) is 0 Å². The Bertz CT molecular complexity index is 3880. The van der Waals surface area contributed by atoms with E-state index in [1.165, 1.54) is 99.1 Å². The van der Waals surface area contributed by atoms with Gasteiger partial charge in [0.05, 0.1) is 22.4 Å². The van der Waals surface area contributed by atoms with Crippen LogP contribution in [0.1, 0.15) is 17.5 Å². The van der Waals surface area contributed by atoms with E-state index in [1.807, 2.05) is 0 Å². The number of fused-ring (bicyclic) bond motifs is 8. The van der Waals surface area contributed by atoms with E-state index in [0.717, 1.165) is 35.5 Å². The van der Waals surface area contributed by atoms with Gasteiger partial charge in [0, 0.05) is 33.3 Å². The van der Waals surface area contributed by atoms with Crippen LogP contribution in [0.4, 0.5) is 17.1 Å². The highest BCUT2D eigenvalue weighted by atomic mass is 15.1. The fourth-order valence-electron chi connectivity index (χ4n) is 11.0. The largest absolute Gasteiger partial charge is 0.310 e. The smallest absolute Gasteiger partial charge is 0.0546 e. The topological polar surface area (TPSA) is 8.17 Å². The number of para-hydroxylation sites is 2. The Hall–Kier alpha value is -8.72. The average molecular weight is 867 g/mol. The summed E-state index contributed by atoms with van der Waals surface area (Å²) in [6, 6.07) is 89.1. The molecule has 1 aromatic heterocycles. The van der Waals surface area contributed by atoms with Crippen molar-refractivity contribution in [3.8, 4) is 50.2 Å². The molecule has 0 radical (unpaired) electrons. The molecule has 68 heavy (non-hydrogen) atoms. The number of aryl methyl sites for hydroxylation is 1. The van der Waals surface area contributed by atoms with Crippen LogP contribution in [-0.2, 0) is 6.42 Å². The fourth-order valence-corrected chi connectivity index (χ4v) is 11.0. The monoisotopic (exact) mass is 866 g/mol. The lowest BCUT2D eigenvalue weighted by Crippen LogP contribution is -2.11. The number of hydrogen-bond acceptors (Lipinski definition) is 1. The number of benzene rings is 11. The standard InChI is InChI=1S/C66H46N2/c1-3-18-45(19-4-1)54-25-13-15-31-61(54)67(52-41-36-48(37-42-52)60-44-50-23-8-9-24-53(50)57-27-11-12-28-58(57)60)51-39-34-47(35-40-51)55-30-17-33-63(65(55)49-21-5-2-6-22-49)68-62-32-16-14-29-59(62)66-56-26-10-7-20-46(56)38-43-64(66)68/h1-9,11-25,27-44H,10,26H2. The molecule has 0 spiro atoms. The van der Waals surface area contributed by atoms with Gasteiger partial charge in [-0.15, -0.1) is 0 Å². The highest BCUT2D eigenvalue weighted by Crippen LogP contribution is 2.46. The summed E-state index contributed by atoms with van der Waals surface area (Å²) in [7, 11) is 0. The number of allylic oxidation sites excluding steroid dienone is 1. The third-order valence-corrected chi connectivity index (χ3v) is 14.1. The van der Waals surface area contributed by atoms with Crippen molar-refractivity contribution in [2.45, 2.75) is 12.8 Å². The maximum Gasteiger partial charge on any atom is 0.0546 e. The van der Waals surface area contributed by atoms with Crippen LogP contribution in [0, 0.1) is 0 Å². The zero-order valence-corrected chi connectivity index (χ0v) is 37.6. The SMILES string of the molecule is C1=Cc2ccc3c(c2CC1)c1ccccc1n3-c1cccc(-c2ccc(N(c3ccc(-c4cc5ccccc5c5ccccc45)cc3)c3ccccc3-c3ccccc3)cc2)c1-c1ccccc1. The predicted octanol–water partition coefficient (Wildman–Crippen LogP) is 18.2. The van der Waals surface area contributed by atoms with Crippen molar-refractivity contribution in [1.29, 1.82) is 0 Å². The van der Waals surface area contributed by atoms with Gasteiger partial charge in [0.25, 0.3) is 0 Å². The van der Waals surface area contributed by atoms with E-state index in [9.17, 15) is 0 Å². The Labute approximate surface area is 397 Å². The molecular weight excluding hydrogens is 821 g/mol. The number of nitrogens with zero attached hydrogens (tertiary/aromatic N) is 2. The lowest BCUT2D eigenvalue weighted by molar-refractivity contribution is 0.997. The van der Waals surface area contributed by atoms with Gasteiger partial charge < -0.3 is 9.47 Å². The molecule has 0 amide bonds. The highest BCUT2D eigenvalue weighted by Gasteiger charge is 2.23. The second kappa shape index (κ2) is 16.6. The highest BCUT2D eigenvalue weighted by molar-refractivity contribution is 6.14. The molecule has 2 nitrogen and oxygen atoms in total. The molecule has 320 valence electrons. The quantitative estimate of drug-likeness (QED) is 0.138. The average Bonchev–Trinajstić information content (AvgIpc) is 3.76. The Balaban J connectivity index is 0.966. The van der Waals surface area contributed by atoms with Crippen LogP contribution in [-0.4, -0.2) is 4.57 Å². The number of anilines is 3. The van der Waals surface area contributed by atoms with Crippen molar-refractivity contribution in [3.05, 3.63) is 260 Å². The van der Waals surface area contributed by atoms with Crippen molar-refractivity contribution >= 4 is 66.5 Å². The van der Waals surface area contributed by atoms with E-state index in [1.54, 1.807) is 0 Å². The van der Waals surface area contributed by atoms with Crippen molar-refractivity contribution in [2.75, 3.05) is 4.90 Å². The molecule has 11 aromatic carbocycles. The van der Waals surface area contributed by atoms with Gasteiger partial charge in [-0.25, -0.2) is 0 Å². The summed E-state index contributed by atoms with van der Waals surface area (Å²) in [6.45, 7) is 0. The lowest BCUT2D eigenvalue weighted by atomic mass is 9.92. The number of hydrogen-bond donors (Lipinski definition) is 0. The van der Waals surface area contributed by atoms with E-state index >= 15 is 0 Å². The first-order valence-corrected chi connectivity index (χ1v) is 23.7. The molecule has 0 aliphatic heterocycles. The molecule has 0 unspecified atom stereocenters. The Kier molecular flexibility index (Phi) is 9.68. The Morgan fingerprint density at radius 3 is 1.74 bits per heavy atom. The molecule has 0 saturated heterocycles. The van der Waals surface area contributed by atoms with Gasteiger partial charge in [0.1, 0.15) is 0 Å². The maximum absolute atomic E-state index is 2.51. The molecule has 13 rings (SSSR count). The van der Waals surface area contributed by atoms with Crippen molar-refractivity contribution in [2.24, 2.45) is 0 Å². The molecule has 0 bridgehead atoms. The third-order valence-electron chi connectivity index (χ3n) is 14.1. The number of aromatic nitrogens is 1. The zero-order valence-electron chi connectivity index (χ0n) is 37.6. The van der Waals surface area contributed by atoms with Crippen molar-refractivity contribution < 1.29 is 0 Å². The minimum absolute atomic E-state index is 1.05. The van der Waals surface area contributed by atoms with E-state index in [-0.39, 0.29) is 0 Å². The summed E-state index contributed by atoms with van der Waals surface area (Å²) >= 11 is 0. The van der Waals surface area contributed by atoms with Crippen LogP contribution in [0.5, 0.6) is 0 Å². The molecule has 0 saturated carbocycles. The fraction of sp³-hybridized carbons (Fsp3) is 0.0303. The van der Waals surface area contributed by atoms with Crippen molar-refractivity contribution in [3.63, 3.8) is 0 Å². The van der Waals surface area contributed by atoms with E-state index in [4.69, 9.17) is 0 Å². The van der Waals surface area contributed by atoms with Gasteiger partial charge in [-0.3, -0.25) is 0 Å². The first-order valence-electron chi connectivity index (χ1n) is 23.7. The van der Waals surface area contributed by atoms with Crippen LogP contribution in [0.15, 0.2) is 249 Å². The van der Waals surface area contributed by atoms with E-state index in [2.05, 4.69) is 264 Å². The molecule has 1 aliphatic carbocycles. The van der Waals surface area contributed by atoms with Crippen LogP contribution in [0.3, 0.4) is 0 Å². The minimum atomic E-state index is 1.05. The van der Waals surface area contributed by atoms with E-state index < -0.39 is 0 Å². The van der Waals surface area contributed by atoms with Gasteiger partial charge >= 0.3 is 0 Å². The summed E-state index contributed by atoms with van der Waals surface area (Å²) in [5, 5.41) is 7.73. The summed E-state index contributed by atoms with van der Waals surface area (Å²) in [5.74, 6) is 0. The maximum atomic E-state index is 2.51. The first-order chi connectivity index (χ1) is 33.8. The lowest BCUT2D eigenvalue weighted by Gasteiger charge is -2.28.